The second kappa shape index (κ2) is 7.37. The van der Waals surface area contributed by atoms with Gasteiger partial charge in [-0.15, -0.1) is 0 Å². The lowest BCUT2D eigenvalue weighted by atomic mass is 10.2. The first kappa shape index (κ1) is 16.3. The average molecular weight is 317 g/mol. The summed E-state index contributed by atoms with van der Waals surface area (Å²) in [7, 11) is 0. The van der Waals surface area contributed by atoms with E-state index in [0.29, 0.717) is 25.0 Å². The second-order valence-corrected chi connectivity index (χ2v) is 7.00. The largest absolute Gasteiger partial charge is 0.468 e. The molecule has 3 unspecified atom stereocenters. The lowest BCUT2D eigenvalue weighted by Gasteiger charge is -2.17. The minimum absolute atomic E-state index is 0.0390. The van der Waals surface area contributed by atoms with Crippen LogP contribution in [0.5, 0.6) is 0 Å². The molecule has 0 spiro atoms. The molecule has 3 atom stereocenters. The predicted molar refractivity (Wildman–Crippen MR) is 89.2 cm³/mol. The third-order valence-electron chi connectivity index (χ3n) is 4.30. The van der Waals surface area contributed by atoms with Crippen LogP contribution in [0.25, 0.3) is 0 Å². The molecule has 1 fully saturated rings. The highest BCUT2D eigenvalue weighted by Gasteiger charge is 2.36. The first-order chi connectivity index (χ1) is 11.1. The molecule has 2 aromatic rings. The molecule has 23 heavy (non-hydrogen) atoms. The quantitative estimate of drug-likeness (QED) is 0.740. The van der Waals surface area contributed by atoms with Crippen molar-refractivity contribution in [1.82, 2.24) is 5.32 Å². The van der Waals surface area contributed by atoms with Crippen LogP contribution < -0.4 is 5.32 Å². The van der Waals surface area contributed by atoms with Crippen molar-refractivity contribution in [3.8, 4) is 0 Å². The molecule has 4 heteroatoms. The van der Waals surface area contributed by atoms with Gasteiger partial charge in [-0.25, -0.2) is 0 Å². The normalized spacial score (nSPS) is 21.7. The Morgan fingerprint density at radius 1 is 1.26 bits per heavy atom. The van der Waals surface area contributed by atoms with Gasteiger partial charge in [-0.2, -0.15) is 0 Å². The van der Waals surface area contributed by atoms with Crippen LogP contribution in [0, 0.1) is 11.8 Å². The summed E-state index contributed by atoms with van der Waals surface area (Å²) in [6.07, 6.45) is 2.95. The number of rotatable bonds is 9. The van der Waals surface area contributed by atoms with Crippen LogP contribution >= 0.6 is 0 Å². The fourth-order valence-electron chi connectivity index (χ4n) is 2.78. The van der Waals surface area contributed by atoms with Crippen molar-refractivity contribution >= 4 is 0 Å². The summed E-state index contributed by atoms with van der Waals surface area (Å²) in [6, 6.07) is 8.11. The molecular weight excluding hydrogens is 290 g/mol. The Morgan fingerprint density at radius 3 is 2.74 bits per heavy atom. The van der Waals surface area contributed by atoms with Gasteiger partial charge in [-0.1, -0.05) is 20.8 Å². The summed E-state index contributed by atoms with van der Waals surface area (Å²) >= 11 is 0. The Bertz CT molecular complexity index is 588. The van der Waals surface area contributed by atoms with E-state index in [1.165, 1.54) is 6.42 Å². The fourth-order valence-corrected chi connectivity index (χ4v) is 2.78. The third kappa shape index (κ3) is 4.49. The Hall–Kier alpha value is -1.52. The number of furan rings is 2. The molecule has 0 aliphatic heterocycles. The number of nitrogens with one attached hydrogen (secondary N) is 1. The summed E-state index contributed by atoms with van der Waals surface area (Å²) in [4.78, 5) is 0. The minimum atomic E-state index is 0.0390. The van der Waals surface area contributed by atoms with Crippen molar-refractivity contribution in [3.63, 3.8) is 0 Å². The molecule has 0 aromatic carbocycles. The van der Waals surface area contributed by atoms with Gasteiger partial charge < -0.3 is 13.6 Å². The molecular formula is C19H27NO3. The molecule has 0 saturated heterocycles. The van der Waals surface area contributed by atoms with E-state index in [2.05, 4.69) is 38.2 Å². The maximum absolute atomic E-state index is 5.95. The van der Waals surface area contributed by atoms with Gasteiger partial charge in [0.05, 0.1) is 25.5 Å². The van der Waals surface area contributed by atoms with Crippen LogP contribution in [0.2, 0.25) is 0 Å². The van der Waals surface area contributed by atoms with Crippen LogP contribution in [-0.4, -0.2) is 13.2 Å². The standard InChI is InChI=1S/C19H27NO3/c1-13(2)11-21-12-17(19-5-4-8-22-19)20-10-15-6-7-18(23-15)16-9-14(16)3/h4-8,13-14,16-17,20H,9-12H2,1-3H3. The van der Waals surface area contributed by atoms with Crippen LogP contribution in [0.1, 0.15) is 56.4 Å². The molecule has 0 bridgehead atoms. The zero-order chi connectivity index (χ0) is 16.2. The molecule has 1 aliphatic carbocycles. The van der Waals surface area contributed by atoms with E-state index in [1.807, 2.05) is 12.1 Å². The van der Waals surface area contributed by atoms with E-state index in [1.54, 1.807) is 6.26 Å². The average Bonchev–Trinajstić information content (AvgIpc) is 2.98. The number of hydrogen-bond acceptors (Lipinski definition) is 4. The van der Waals surface area contributed by atoms with Crippen LogP contribution in [0.4, 0.5) is 0 Å². The summed E-state index contributed by atoms with van der Waals surface area (Å²) in [6.45, 7) is 8.60. The fraction of sp³-hybridized carbons (Fsp3) is 0.579. The highest BCUT2D eigenvalue weighted by molar-refractivity contribution is 5.17. The molecule has 0 radical (unpaired) electrons. The van der Waals surface area contributed by atoms with Crippen molar-refractivity contribution in [2.75, 3.05) is 13.2 Å². The van der Waals surface area contributed by atoms with E-state index in [4.69, 9.17) is 13.6 Å². The third-order valence-corrected chi connectivity index (χ3v) is 4.30. The number of hydrogen-bond donors (Lipinski definition) is 1. The van der Waals surface area contributed by atoms with Crippen LogP contribution in [0.15, 0.2) is 39.4 Å². The lowest BCUT2D eigenvalue weighted by molar-refractivity contribution is 0.0839. The molecule has 1 aliphatic rings. The van der Waals surface area contributed by atoms with Gasteiger partial charge in [-0.3, -0.25) is 5.32 Å². The van der Waals surface area contributed by atoms with E-state index in [0.717, 1.165) is 29.8 Å². The van der Waals surface area contributed by atoms with Gasteiger partial charge in [0.2, 0.25) is 0 Å². The maximum atomic E-state index is 5.95. The SMILES string of the molecule is CC(C)COCC(NCc1ccc(C2CC2C)o1)c1ccco1. The van der Waals surface area contributed by atoms with Gasteiger partial charge in [0.1, 0.15) is 17.3 Å². The smallest absolute Gasteiger partial charge is 0.123 e. The van der Waals surface area contributed by atoms with Gasteiger partial charge in [0, 0.05) is 12.5 Å². The Balaban J connectivity index is 1.54. The summed E-state index contributed by atoms with van der Waals surface area (Å²) < 4.78 is 17.3. The predicted octanol–water partition coefficient (Wildman–Crippen LogP) is 4.50. The molecule has 1 N–H and O–H groups in total. The molecule has 2 aromatic heterocycles. The lowest BCUT2D eigenvalue weighted by Crippen LogP contribution is -2.25. The van der Waals surface area contributed by atoms with Gasteiger partial charge in [-0.05, 0) is 42.5 Å². The minimum Gasteiger partial charge on any atom is -0.468 e. The van der Waals surface area contributed by atoms with Crippen LogP contribution in [0.3, 0.4) is 0 Å². The van der Waals surface area contributed by atoms with Crippen molar-refractivity contribution < 1.29 is 13.6 Å². The highest BCUT2D eigenvalue weighted by Crippen LogP contribution is 2.47. The molecule has 2 heterocycles. The monoisotopic (exact) mass is 317 g/mol. The van der Waals surface area contributed by atoms with Crippen molar-refractivity contribution in [2.24, 2.45) is 11.8 Å². The Labute approximate surface area is 138 Å². The van der Waals surface area contributed by atoms with Crippen LogP contribution in [-0.2, 0) is 11.3 Å². The highest BCUT2D eigenvalue weighted by atomic mass is 16.5. The summed E-state index contributed by atoms with van der Waals surface area (Å²) in [5, 5.41) is 3.48. The van der Waals surface area contributed by atoms with Gasteiger partial charge in [0.15, 0.2) is 0 Å². The van der Waals surface area contributed by atoms with Crippen molar-refractivity contribution in [1.29, 1.82) is 0 Å². The van der Waals surface area contributed by atoms with Crippen molar-refractivity contribution in [2.45, 2.75) is 45.7 Å². The van der Waals surface area contributed by atoms with E-state index in [9.17, 15) is 0 Å². The molecule has 4 nitrogen and oxygen atoms in total. The zero-order valence-electron chi connectivity index (χ0n) is 14.2. The van der Waals surface area contributed by atoms with E-state index < -0.39 is 0 Å². The first-order valence-electron chi connectivity index (χ1n) is 8.56. The second-order valence-electron chi connectivity index (χ2n) is 7.00. The maximum Gasteiger partial charge on any atom is 0.123 e. The molecule has 126 valence electrons. The summed E-state index contributed by atoms with van der Waals surface area (Å²) in [5.41, 5.74) is 0. The first-order valence-corrected chi connectivity index (χ1v) is 8.56. The molecule has 0 amide bonds. The van der Waals surface area contributed by atoms with E-state index >= 15 is 0 Å². The van der Waals surface area contributed by atoms with Gasteiger partial charge >= 0.3 is 0 Å². The Morgan fingerprint density at radius 2 is 2.09 bits per heavy atom. The summed E-state index contributed by atoms with van der Waals surface area (Å²) in [5.74, 6) is 4.91. The number of ether oxygens (including phenoxy) is 1. The van der Waals surface area contributed by atoms with Crippen molar-refractivity contribution in [3.05, 3.63) is 47.8 Å². The zero-order valence-corrected chi connectivity index (χ0v) is 14.2. The van der Waals surface area contributed by atoms with E-state index in [-0.39, 0.29) is 6.04 Å². The topological polar surface area (TPSA) is 47.5 Å². The molecule has 3 rings (SSSR count). The molecule has 1 saturated carbocycles. The Kier molecular flexibility index (Phi) is 5.23. The van der Waals surface area contributed by atoms with Gasteiger partial charge in [0.25, 0.3) is 0 Å².